The van der Waals surface area contributed by atoms with E-state index in [0.29, 0.717) is 12.8 Å². The lowest BCUT2D eigenvalue weighted by atomic mass is 9.76. The van der Waals surface area contributed by atoms with Crippen molar-refractivity contribution in [1.82, 2.24) is 0 Å². The van der Waals surface area contributed by atoms with Crippen molar-refractivity contribution in [2.24, 2.45) is 0 Å². The third-order valence-corrected chi connectivity index (χ3v) is 4.71. The van der Waals surface area contributed by atoms with Crippen molar-refractivity contribution in [3.63, 3.8) is 0 Å². The number of aliphatic carboxylic acids is 1. The van der Waals surface area contributed by atoms with Gasteiger partial charge in [0.25, 0.3) is 0 Å². The third kappa shape index (κ3) is 2.16. The number of halogens is 1. The van der Waals surface area contributed by atoms with Gasteiger partial charge in [0.15, 0.2) is 0 Å². The van der Waals surface area contributed by atoms with Gasteiger partial charge >= 0.3 is 5.97 Å². The zero-order valence-corrected chi connectivity index (χ0v) is 12.6. The Morgan fingerprint density at radius 3 is 2.55 bits per heavy atom. The second-order valence-corrected chi connectivity index (χ2v) is 6.26. The van der Waals surface area contributed by atoms with Crippen molar-refractivity contribution in [2.75, 3.05) is 0 Å². The quantitative estimate of drug-likeness (QED) is 0.924. The molecule has 2 aromatic rings. The topological polar surface area (TPSA) is 37.3 Å². The number of carboxylic acids is 1. The van der Waals surface area contributed by atoms with E-state index in [-0.39, 0.29) is 0 Å². The maximum Gasteiger partial charge on any atom is 0.314 e. The van der Waals surface area contributed by atoms with Gasteiger partial charge in [-0.1, -0.05) is 52.3 Å². The highest BCUT2D eigenvalue weighted by molar-refractivity contribution is 9.10. The molecule has 1 aliphatic rings. The largest absolute Gasteiger partial charge is 0.481 e. The molecule has 1 N–H and O–H groups in total. The molecule has 102 valence electrons. The van der Waals surface area contributed by atoms with Crippen LogP contribution in [0.3, 0.4) is 0 Å². The number of fused-ring (bicyclic) bond motifs is 1. The lowest BCUT2D eigenvalue weighted by Crippen LogP contribution is -2.35. The predicted octanol–water partition coefficient (Wildman–Crippen LogP) is 3.96. The minimum atomic E-state index is -0.773. The fourth-order valence-corrected chi connectivity index (χ4v) is 3.38. The third-order valence-electron chi connectivity index (χ3n) is 4.18. The summed E-state index contributed by atoms with van der Waals surface area (Å²) in [6.45, 7) is 0. The van der Waals surface area contributed by atoms with Crippen LogP contribution in [0.4, 0.5) is 0 Å². The molecule has 0 aromatic heterocycles. The van der Waals surface area contributed by atoms with Gasteiger partial charge in [0.05, 0.1) is 5.41 Å². The Bertz CT molecular complexity index is 648. The highest BCUT2D eigenvalue weighted by atomic mass is 79.9. The van der Waals surface area contributed by atoms with Crippen LogP contribution in [-0.4, -0.2) is 11.1 Å². The summed E-state index contributed by atoms with van der Waals surface area (Å²) in [5, 5.41) is 9.82. The van der Waals surface area contributed by atoms with Crippen molar-refractivity contribution in [3.8, 4) is 0 Å². The Kier molecular flexibility index (Phi) is 3.38. The molecular formula is C17H15BrO2. The summed E-state index contributed by atoms with van der Waals surface area (Å²) in [6, 6.07) is 15.8. The highest BCUT2D eigenvalue weighted by Gasteiger charge is 2.45. The highest BCUT2D eigenvalue weighted by Crippen LogP contribution is 2.41. The second kappa shape index (κ2) is 5.06. The van der Waals surface area contributed by atoms with E-state index in [1.54, 1.807) is 0 Å². The SMILES string of the molecule is O=C(O)C1(Cc2ccc(Br)cc2)CCc2ccccc21. The van der Waals surface area contributed by atoms with Gasteiger partial charge in [0, 0.05) is 4.47 Å². The maximum absolute atomic E-state index is 11.9. The Labute approximate surface area is 126 Å². The van der Waals surface area contributed by atoms with E-state index in [1.165, 1.54) is 5.56 Å². The van der Waals surface area contributed by atoms with Crippen molar-refractivity contribution < 1.29 is 9.90 Å². The number of benzene rings is 2. The molecule has 0 aliphatic heterocycles. The molecular weight excluding hydrogens is 316 g/mol. The molecule has 0 heterocycles. The van der Waals surface area contributed by atoms with E-state index in [1.807, 2.05) is 48.5 Å². The van der Waals surface area contributed by atoms with Gasteiger partial charge in [-0.25, -0.2) is 0 Å². The molecule has 3 heteroatoms. The first kappa shape index (κ1) is 13.4. The molecule has 3 rings (SSSR count). The zero-order chi connectivity index (χ0) is 14.2. The zero-order valence-electron chi connectivity index (χ0n) is 11.0. The van der Waals surface area contributed by atoms with Gasteiger partial charge in [-0.2, -0.15) is 0 Å². The van der Waals surface area contributed by atoms with Crippen LogP contribution in [0, 0.1) is 0 Å². The summed E-state index contributed by atoms with van der Waals surface area (Å²) in [4.78, 5) is 11.9. The van der Waals surface area contributed by atoms with Crippen LogP contribution in [-0.2, 0) is 23.1 Å². The first-order valence-corrected chi connectivity index (χ1v) is 7.47. The van der Waals surface area contributed by atoms with Crippen LogP contribution in [0.1, 0.15) is 23.1 Å². The van der Waals surface area contributed by atoms with E-state index >= 15 is 0 Å². The summed E-state index contributed by atoms with van der Waals surface area (Å²) in [7, 11) is 0. The molecule has 1 aliphatic carbocycles. The molecule has 0 spiro atoms. The molecule has 0 amide bonds. The molecule has 0 saturated heterocycles. The van der Waals surface area contributed by atoms with Gasteiger partial charge in [-0.15, -0.1) is 0 Å². The number of hydrogen-bond acceptors (Lipinski definition) is 1. The number of rotatable bonds is 3. The number of carboxylic acid groups (broad SMARTS) is 1. The summed E-state index contributed by atoms with van der Waals surface area (Å²) in [5.74, 6) is -0.717. The fourth-order valence-electron chi connectivity index (χ4n) is 3.12. The van der Waals surface area contributed by atoms with Crippen molar-refractivity contribution in [1.29, 1.82) is 0 Å². The standard InChI is InChI=1S/C17H15BrO2/c18-14-7-5-12(6-8-14)11-17(16(19)20)10-9-13-3-1-2-4-15(13)17/h1-8H,9-11H2,(H,19,20). The fraction of sp³-hybridized carbons (Fsp3) is 0.235. The lowest BCUT2D eigenvalue weighted by Gasteiger charge is -2.25. The van der Waals surface area contributed by atoms with E-state index in [9.17, 15) is 9.90 Å². The molecule has 0 fully saturated rings. The van der Waals surface area contributed by atoms with Gasteiger partial charge < -0.3 is 5.11 Å². The van der Waals surface area contributed by atoms with E-state index in [0.717, 1.165) is 22.0 Å². The normalized spacial score (nSPS) is 20.6. The summed E-state index contributed by atoms with van der Waals surface area (Å²) >= 11 is 3.41. The van der Waals surface area contributed by atoms with Gasteiger partial charge in [0.1, 0.15) is 0 Å². The van der Waals surface area contributed by atoms with Gasteiger partial charge in [-0.05, 0) is 48.1 Å². The van der Waals surface area contributed by atoms with Crippen LogP contribution in [0.2, 0.25) is 0 Å². The average molecular weight is 331 g/mol. The van der Waals surface area contributed by atoms with Crippen LogP contribution in [0.15, 0.2) is 53.0 Å². The minimum absolute atomic E-state index is 0.548. The molecule has 0 saturated carbocycles. The first-order valence-electron chi connectivity index (χ1n) is 6.68. The monoisotopic (exact) mass is 330 g/mol. The van der Waals surface area contributed by atoms with Crippen LogP contribution in [0.25, 0.3) is 0 Å². The van der Waals surface area contributed by atoms with Crippen molar-refractivity contribution in [2.45, 2.75) is 24.7 Å². The van der Waals surface area contributed by atoms with Gasteiger partial charge in [0.2, 0.25) is 0 Å². The molecule has 0 radical (unpaired) electrons. The van der Waals surface area contributed by atoms with E-state index in [4.69, 9.17) is 0 Å². The smallest absolute Gasteiger partial charge is 0.314 e. The Balaban J connectivity index is 2.02. The molecule has 1 unspecified atom stereocenters. The molecule has 2 aromatic carbocycles. The lowest BCUT2D eigenvalue weighted by molar-refractivity contribution is -0.143. The minimum Gasteiger partial charge on any atom is -0.481 e. The molecule has 1 atom stereocenters. The van der Waals surface area contributed by atoms with E-state index in [2.05, 4.69) is 15.9 Å². The van der Waals surface area contributed by atoms with Crippen LogP contribution < -0.4 is 0 Å². The Morgan fingerprint density at radius 1 is 1.15 bits per heavy atom. The van der Waals surface area contributed by atoms with Gasteiger partial charge in [-0.3, -0.25) is 4.79 Å². The number of hydrogen-bond donors (Lipinski definition) is 1. The van der Waals surface area contributed by atoms with E-state index < -0.39 is 11.4 Å². The van der Waals surface area contributed by atoms with Crippen LogP contribution in [0.5, 0.6) is 0 Å². The first-order chi connectivity index (χ1) is 9.62. The second-order valence-electron chi connectivity index (χ2n) is 5.35. The van der Waals surface area contributed by atoms with Crippen molar-refractivity contribution in [3.05, 3.63) is 69.7 Å². The summed E-state index contributed by atoms with van der Waals surface area (Å²) < 4.78 is 1.01. The Morgan fingerprint density at radius 2 is 1.85 bits per heavy atom. The molecule has 0 bridgehead atoms. The maximum atomic E-state index is 11.9. The summed E-state index contributed by atoms with van der Waals surface area (Å²) in [6.07, 6.45) is 2.07. The molecule has 20 heavy (non-hydrogen) atoms. The average Bonchev–Trinajstić information content (AvgIpc) is 2.82. The van der Waals surface area contributed by atoms with Crippen molar-refractivity contribution >= 4 is 21.9 Å². The predicted molar refractivity (Wildman–Crippen MR) is 81.9 cm³/mol. The summed E-state index contributed by atoms with van der Waals surface area (Å²) in [5.41, 5.74) is 2.44. The Hall–Kier alpha value is -1.61. The number of aryl methyl sites for hydroxylation is 1. The number of carbonyl (C=O) groups is 1. The molecule has 2 nitrogen and oxygen atoms in total. The van der Waals surface area contributed by atoms with Crippen LogP contribution >= 0.6 is 15.9 Å².